The Balaban J connectivity index is 1.63. The Morgan fingerprint density at radius 1 is 1.42 bits per heavy atom. The molecule has 0 radical (unpaired) electrons. The minimum absolute atomic E-state index is 0.0539. The number of amides is 1. The molecule has 8 nitrogen and oxygen atoms in total. The Bertz CT molecular complexity index is 872. The number of ether oxygens (including phenoxy) is 1. The van der Waals surface area contributed by atoms with Crippen molar-refractivity contribution in [1.82, 2.24) is 19.8 Å². The van der Waals surface area contributed by atoms with E-state index in [1.807, 2.05) is 0 Å². The molecular weight excluding hydrogens is 356 g/mol. The number of nitrogens with zero attached hydrogens (tertiary/aromatic N) is 2. The number of benzene rings is 1. The minimum Gasteiger partial charge on any atom is -0.381 e. The maximum Gasteiger partial charge on any atom is 0.251 e. The molecule has 2 heterocycles. The van der Waals surface area contributed by atoms with Gasteiger partial charge in [0.05, 0.1) is 17.7 Å². The standard InChI is InChI=1S/C17H22N4O4S/c1-21-11-14(9-19-21)10-20-26(23,24)16-4-2-3-15(7-16)17(22)18-8-13-5-6-25-12-13/h2-4,7,9,11,13,20H,5-6,8,10,12H2,1H3,(H,18,22)/t13-/m0/s1. The molecule has 1 saturated heterocycles. The lowest BCUT2D eigenvalue weighted by molar-refractivity contribution is 0.0945. The van der Waals surface area contributed by atoms with E-state index in [-0.39, 0.29) is 17.3 Å². The summed E-state index contributed by atoms with van der Waals surface area (Å²) in [6.07, 6.45) is 4.26. The van der Waals surface area contributed by atoms with E-state index < -0.39 is 10.0 Å². The van der Waals surface area contributed by atoms with Crippen molar-refractivity contribution < 1.29 is 17.9 Å². The Morgan fingerprint density at radius 2 is 2.27 bits per heavy atom. The maximum absolute atomic E-state index is 12.5. The molecule has 1 aromatic carbocycles. The second-order valence-corrected chi connectivity index (χ2v) is 8.08. The van der Waals surface area contributed by atoms with Gasteiger partial charge in [0.2, 0.25) is 10.0 Å². The van der Waals surface area contributed by atoms with Crippen molar-refractivity contribution in [3.8, 4) is 0 Å². The average molecular weight is 378 g/mol. The molecule has 3 rings (SSSR count). The number of hydrogen-bond donors (Lipinski definition) is 2. The van der Waals surface area contributed by atoms with Crippen molar-refractivity contribution in [2.75, 3.05) is 19.8 Å². The molecule has 1 fully saturated rings. The van der Waals surface area contributed by atoms with Gasteiger partial charge in [-0.05, 0) is 24.6 Å². The van der Waals surface area contributed by atoms with E-state index in [4.69, 9.17) is 4.74 Å². The van der Waals surface area contributed by atoms with Crippen LogP contribution in [0.4, 0.5) is 0 Å². The van der Waals surface area contributed by atoms with Crippen LogP contribution in [0.1, 0.15) is 22.3 Å². The van der Waals surface area contributed by atoms with E-state index in [9.17, 15) is 13.2 Å². The Hall–Kier alpha value is -2.23. The molecule has 0 spiro atoms. The van der Waals surface area contributed by atoms with Crippen molar-refractivity contribution in [2.24, 2.45) is 13.0 Å². The van der Waals surface area contributed by atoms with Crippen LogP contribution in [0.25, 0.3) is 0 Å². The highest BCUT2D eigenvalue weighted by molar-refractivity contribution is 7.89. The predicted octanol–water partition coefficient (Wildman–Crippen LogP) is 0.665. The van der Waals surface area contributed by atoms with Crippen LogP contribution in [0.2, 0.25) is 0 Å². The SMILES string of the molecule is Cn1cc(CNS(=O)(=O)c2cccc(C(=O)NC[C@@H]3CCOC3)c2)cn1. The number of nitrogens with one attached hydrogen (secondary N) is 2. The van der Waals surface area contributed by atoms with Crippen molar-refractivity contribution >= 4 is 15.9 Å². The van der Waals surface area contributed by atoms with Crippen LogP contribution in [-0.2, 0) is 28.4 Å². The molecule has 140 valence electrons. The fraction of sp³-hybridized carbons (Fsp3) is 0.412. The summed E-state index contributed by atoms with van der Waals surface area (Å²) < 4.78 is 34.3. The van der Waals surface area contributed by atoms with Crippen LogP contribution in [0, 0.1) is 5.92 Å². The van der Waals surface area contributed by atoms with Crippen LogP contribution in [0.15, 0.2) is 41.6 Å². The van der Waals surface area contributed by atoms with Gasteiger partial charge in [-0.25, -0.2) is 13.1 Å². The van der Waals surface area contributed by atoms with Crippen molar-refractivity contribution in [2.45, 2.75) is 17.9 Å². The molecule has 1 amide bonds. The van der Waals surface area contributed by atoms with E-state index in [0.29, 0.717) is 24.6 Å². The molecule has 1 atom stereocenters. The Morgan fingerprint density at radius 3 is 2.96 bits per heavy atom. The molecule has 0 aliphatic carbocycles. The van der Waals surface area contributed by atoms with Crippen LogP contribution >= 0.6 is 0 Å². The molecular formula is C17H22N4O4S. The molecule has 0 unspecified atom stereocenters. The number of hydrogen-bond acceptors (Lipinski definition) is 5. The van der Waals surface area contributed by atoms with Gasteiger partial charge in [-0.3, -0.25) is 9.48 Å². The van der Waals surface area contributed by atoms with Crippen LogP contribution < -0.4 is 10.0 Å². The predicted molar refractivity (Wildman–Crippen MR) is 94.9 cm³/mol. The molecule has 0 saturated carbocycles. The molecule has 9 heteroatoms. The van der Waals surface area contributed by atoms with Crippen LogP contribution in [0.5, 0.6) is 0 Å². The van der Waals surface area contributed by atoms with E-state index in [2.05, 4.69) is 15.1 Å². The smallest absolute Gasteiger partial charge is 0.251 e. The van der Waals surface area contributed by atoms with E-state index in [1.165, 1.54) is 12.1 Å². The summed E-state index contributed by atoms with van der Waals surface area (Å²) in [5.74, 6) is 0.0215. The topological polar surface area (TPSA) is 102 Å². The summed E-state index contributed by atoms with van der Waals surface area (Å²) in [6, 6.07) is 6.01. The van der Waals surface area contributed by atoms with Gasteiger partial charge in [0.1, 0.15) is 0 Å². The number of aryl methyl sites for hydroxylation is 1. The second kappa shape index (κ2) is 7.98. The molecule has 1 aromatic heterocycles. The molecule has 0 bridgehead atoms. The number of sulfonamides is 1. The number of carbonyl (C=O) groups excluding carboxylic acids is 1. The lowest BCUT2D eigenvalue weighted by Crippen LogP contribution is -2.30. The second-order valence-electron chi connectivity index (χ2n) is 6.31. The lowest BCUT2D eigenvalue weighted by atomic mass is 10.1. The third-order valence-electron chi connectivity index (χ3n) is 4.21. The Kier molecular flexibility index (Phi) is 5.70. The average Bonchev–Trinajstić information content (AvgIpc) is 3.29. The summed E-state index contributed by atoms with van der Waals surface area (Å²) >= 11 is 0. The molecule has 2 aromatic rings. The number of aromatic nitrogens is 2. The minimum atomic E-state index is -3.72. The highest BCUT2D eigenvalue weighted by atomic mass is 32.2. The van der Waals surface area contributed by atoms with Gasteiger partial charge in [0.15, 0.2) is 0 Å². The van der Waals surface area contributed by atoms with Crippen LogP contribution in [-0.4, -0.2) is 43.9 Å². The summed E-state index contributed by atoms with van der Waals surface area (Å²) in [6.45, 7) is 2.02. The van der Waals surface area contributed by atoms with Crippen molar-refractivity contribution in [3.63, 3.8) is 0 Å². The zero-order valence-electron chi connectivity index (χ0n) is 14.5. The zero-order valence-corrected chi connectivity index (χ0v) is 15.3. The largest absolute Gasteiger partial charge is 0.381 e. The maximum atomic E-state index is 12.5. The van der Waals surface area contributed by atoms with Crippen molar-refractivity contribution in [1.29, 1.82) is 0 Å². The van der Waals surface area contributed by atoms with Gasteiger partial charge in [0, 0.05) is 50.0 Å². The highest BCUT2D eigenvalue weighted by Crippen LogP contribution is 2.14. The highest BCUT2D eigenvalue weighted by Gasteiger charge is 2.19. The van der Waals surface area contributed by atoms with Gasteiger partial charge in [-0.2, -0.15) is 5.10 Å². The zero-order chi connectivity index (χ0) is 18.6. The summed E-state index contributed by atoms with van der Waals surface area (Å²) in [5, 5.41) is 6.84. The third kappa shape index (κ3) is 4.69. The third-order valence-corrected chi connectivity index (χ3v) is 5.61. The monoisotopic (exact) mass is 378 g/mol. The van der Waals surface area contributed by atoms with Gasteiger partial charge < -0.3 is 10.1 Å². The first-order chi connectivity index (χ1) is 12.4. The summed E-state index contributed by atoms with van der Waals surface area (Å²) in [5.41, 5.74) is 1.07. The number of carbonyl (C=O) groups is 1. The molecule has 1 aliphatic rings. The van der Waals surface area contributed by atoms with Gasteiger partial charge in [-0.15, -0.1) is 0 Å². The first-order valence-electron chi connectivity index (χ1n) is 8.37. The van der Waals surface area contributed by atoms with E-state index in [1.54, 1.807) is 36.3 Å². The quantitative estimate of drug-likeness (QED) is 0.737. The van der Waals surface area contributed by atoms with Crippen LogP contribution in [0.3, 0.4) is 0 Å². The summed E-state index contributed by atoms with van der Waals surface area (Å²) in [7, 11) is -1.96. The molecule has 26 heavy (non-hydrogen) atoms. The van der Waals surface area contributed by atoms with E-state index in [0.717, 1.165) is 18.6 Å². The van der Waals surface area contributed by atoms with Gasteiger partial charge in [0.25, 0.3) is 5.91 Å². The summed E-state index contributed by atoms with van der Waals surface area (Å²) in [4.78, 5) is 12.3. The first-order valence-corrected chi connectivity index (χ1v) is 9.85. The van der Waals surface area contributed by atoms with Gasteiger partial charge in [-0.1, -0.05) is 6.07 Å². The molecule has 1 aliphatic heterocycles. The Labute approximate surface area is 152 Å². The first kappa shape index (κ1) is 18.6. The fourth-order valence-corrected chi connectivity index (χ4v) is 3.78. The van der Waals surface area contributed by atoms with Gasteiger partial charge >= 0.3 is 0 Å². The lowest BCUT2D eigenvalue weighted by Gasteiger charge is -2.11. The van der Waals surface area contributed by atoms with Crippen molar-refractivity contribution in [3.05, 3.63) is 47.8 Å². The normalized spacial score (nSPS) is 17.3. The molecule has 2 N–H and O–H groups in total. The fourth-order valence-electron chi connectivity index (χ4n) is 2.71. The number of rotatable bonds is 7. The van der Waals surface area contributed by atoms with E-state index >= 15 is 0 Å².